The van der Waals surface area contributed by atoms with Gasteiger partial charge in [0, 0.05) is 0 Å². The van der Waals surface area contributed by atoms with E-state index in [-0.39, 0.29) is 0 Å². The predicted molar refractivity (Wildman–Crippen MR) is 86.0 cm³/mol. The smallest absolute Gasteiger partial charge is 0.137 e. The Labute approximate surface area is 128 Å². The number of aliphatic hydroxyl groups excluding tert-OH is 1. The fourth-order valence-electron chi connectivity index (χ4n) is 2.51. The number of hydrogen-bond acceptors (Lipinski definition) is 2. The minimum absolute atomic E-state index is 0.534. The van der Waals surface area contributed by atoms with Gasteiger partial charge in [0.2, 0.25) is 0 Å². The Hall–Kier alpha value is -2.03. The summed E-state index contributed by atoms with van der Waals surface area (Å²) in [6.07, 6.45) is -0.720. The number of ether oxygens (including phenoxy) is 1. The molecule has 1 unspecified atom stereocenters. The Morgan fingerprint density at radius 2 is 1.76 bits per heavy atom. The number of hydrogen-bond donors (Lipinski definition) is 1. The Morgan fingerprint density at radius 3 is 2.57 bits per heavy atom. The molecule has 0 saturated heterocycles. The van der Waals surface area contributed by atoms with E-state index in [1.54, 1.807) is 19.2 Å². The quantitative estimate of drug-likeness (QED) is 0.766. The van der Waals surface area contributed by atoms with Gasteiger partial charge in [-0.1, -0.05) is 60.1 Å². The highest BCUT2D eigenvalue weighted by molar-refractivity contribution is 6.32. The number of methoxy groups -OCH3 is 1. The maximum absolute atomic E-state index is 10.7. The van der Waals surface area contributed by atoms with Crippen molar-refractivity contribution in [1.82, 2.24) is 0 Å². The minimum Gasteiger partial charge on any atom is -0.495 e. The van der Waals surface area contributed by atoms with Crippen LogP contribution < -0.4 is 4.74 Å². The summed E-state index contributed by atoms with van der Waals surface area (Å²) in [5.41, 5.74) is 1.63. The lowest BCUT2D eigenvalue weighted by atomic mass is 9.96. The molecule has 0 aliphatic heterocycles. The van der Waals surface area contributed by atoms with E-state index >= 15 is 0 Å². The molecule has 0 spiro atoms. The molecule has 0 radical (unpaired) electrons. The van der Waals surface area contributed by atoms with Crippen molar-refractivity contribution in [2.24, 2.45) is 0 Å². The highest BCUT2D eigenvalue weighted by atomic mass is 35.5. The third kappa shape index (κ3) is 2.60. The summed E-state index contributed by atoms with van der Waals surface area (Å²) in [5, 5.41) is 13.4. The molecule has 2 nitrogen and oxygen atoms in total. The topological polar surface area (TPSA) is 29.5 Å². The molecule has 0 aromatic heterocycles. The van der Waals surface area contributed by atoms with Crippen LogP contribution in [-0.2, 0) is 0 Å². The largest absolute Gasteiger partial charge is 0.495 e. The highest BCUT2D eigenvalue weighted by Gasteiger charge is 2.15. The van der Waals surface area contributed by atoms with Crippen LogP contribution in [0.25, 0.3) is 10.8 Å². The van der Waals surface area contributed by atoms with E-state index in [2.05, 4.69) is 0 Å². The van der Waals surface area contributed by atoms with Crippen molar-refractivity contribution >= 4 is 22.4 Å². The molecule has 0 heterocycles. The standard InChI is InChI=1S/C18H15ClO2/c1-21-17-11-13(9-10-16(17)19)18(20)15-8-4-6-12-5-2-3-7-14(12)15/h2-11,18,20H,1H3. The van der Waals surface area contributed by atoms with Gasteiger partial charge in [0.05, 0.1) is 12.1 Å². The van der Waals surface area contributed by atoms with Gasteiger partial charge in [-0.15, -0.1) is 0 Å². The zero-order valence-corrected chi connectivity index (χ0v) is 12.3. The van der Waals surface area contributed by atoms with Gasteiger partial charge < -0.3 is 9.84 Å². The maximum Gasteiger partial charge on any atom is 0.137 e. The summed E-state index contributed by atoms with van der Waals surface area (Å²) >= 11 is 6.04. The van der Waals surface area contributed by atoms with Gasteiger partial charge in [-0.2, -0.15) is 0 Å². The molecule has 0 amide bonds. The Balaban J connectivity index is 2.10. The third-order valence-electron chi connectivity index (χ3n) is 3.61. The van der Waals surface area contributed by atoms with Crippen molar-refractivity contribution < 1.29 is 9.84 Å². The van der Waals surface area contributed by atoms with E-state index in [0.29, 0.717) is 10.8 Å². The number of benzene rings is 3. The minimum atomic E-state index is -0.720. The zero-order valence-electron chi connectivity index (χ0n) is 11.6. The van der Waals surface area contributed by atoms with Crippen molar-refractivity contribution in [2.75, 3.05) is 7.11 Å². The molecule has 3 rings (SSSR count). The van der Waals surface area contributed by atoms with Crippen LogP contribution in [0.15, 0.2) is 60.7 Å². The van der Waals surface area contributed by atoms with Crippen LogP contribution >= 0.6 is 11.6 Å². The average molecular weight is 299 g/mol. The average Bonchev–Trinajstić information content (AvgIpc) is 2.54. The molecule has 106 valence electrons. The van der Waals surface area contributed by atoms with E-state index in [9.17, 15) is 5.11 Å². The summed E-state index contributed by atoms with van der Waals surface area (Å²) in [7, 11) is 1.56. The van der Waals surface area contributed by atoms with E-state index in [1.165, 1.54) is 0 Å². The van der Waals surface area contributed by atoms with Crippen molar-refractivity contribution in [3.05, 3.63) is 76.8 Å². The maximum atomic E-state index is 10.7. The molecule has 3 aromatic carbocycles. The monoisotopic (exact) mass is 298 g/mol. The van der Waals surface area contributed by atoms with Gasteiger partial charge in [0.15, 0.2) is 0 Å². The first-order valence-corrected chi connectivity index (χ1v) is 7.07. The lowest BCUT2D eigenvalue weighted by molar-refractivity contribution is 0.221. The fourth-order valence-corrected chi connectivity index (χ4v) is 2.71. The first-order chi connectivity index (χ1) is 10.2. The molecule has 1 atom stereocenters. The van der Waals surface area contributed by atoms with Crippen molar-refractivity contribution in [1.29, 1.82) is 0 Å². The number of rotatable bonds is 3. The molecular weight excluding hydrogens is 284 g/mol. The summed E-state index contributed by atoms with van der Waals surface area (Å²) in [6, 6.07) is 19.3. The molecule has 0 saturated carbocycles. The highest BCUT2D eigenvalue weighted by Crippen LogP contribution is 2.33. The van der Waals surface area contributed by atoms with Crippen molar-refractivity contribution in [3.8, 4) is 5.75 Å². The second-order valence-electron chi connectivity index (χ2n) is 4.86. The summed E-state index contributed by atoms with van der Waals surface area (Å²) in [4.78, 5) is 0. The van der Waals surface area contributed by atoms with Crippen LogP contribution in [0.3, 0.4) is 0 Å². The van der Waals surface area contributed by atoms with E-state index in [4.69, 9.17) is 16.3 Å². The van der Waals surface area contributed by atoms with E-state index in [0.717, 1.165) is 21.9 Å². The third-order valence-corrected chi connectivity index (χ3v) is 3.92. The number of aliphatic hydroxyl groups is 1. The zero-order chi connectivity index (χ0) is 14.8. The van der Waals surface area contributed by atoms with Gasteiger partial charge in [0.25, 0.3) is 0 Å². The van der Waals surface area contributed by atoms with Crippen LogP contribution in [0.2, 0.25) is 5.02 Å². The molecule has 3 aromatic rings. The molecule has 0 fully saturated rings. The second kappa shape index (κ2) is 5.76. The normalized spacial score (nSPS) is 12.3. The lowest BCUT2D eigenvalue weighted by Crippen LogP contribution is -2.01. The molecule has 0 bridgehead atoms. The summed E-state index contributed by atoms with van der Waals surface area (Å²) in [5.74, 6) is 0.563. The lowest BCUT2D eigenvalue weighted by Gasteiger charge is -2.15. The Morgan fingerprint density at radius 1 is 1.00 bits per heavy atom. The fraction of sp³-hybridized carbons (Fsp3) is 0.111. The molecule has 21 heavy (non-hydrogen) atoms. The van der Waals surface area contributed by atoms with Crippen LogP contribution in [0.1, 0.15) is 17.2 Å². The first-order valence-electron chi connectivity index (χ1n) is 6.70. The molecule has 0 aliphatic rings. The van der Waals surface area contributed by atoms with Gasteiger partial charge in [-0.25, -0.2) is 0 Å². The van der Waals surface area contributed by atoms with E-state index in [1.807, 2.05) is 48.5 Å². The predicted octanol–water partition coefficient (Wildman–Crippen LogP) is 4.58. The molecule has 1 N–H and O–H groups in total. The van der Waals surface area contributed by atoms with Gasteiger partial charge >= 0.3 is 0 Å². The van der Waals surface area contributed by atoms with Crippen LogP contribution in [-0.4, -0.2) is 12.2 Å². The SMILES string of the molecule is COc1cc(C(O)c2cccc3ccccc23)ccc1Cl. The van der Waals surface area contributed by atoms with Gasteiger partial charge in [0.1, 0.15) is 11.9 Å². The van der Waals surface area contributed by atoms with E-state index < -0.39 is 6.10 Å². The van der Waals surface area contributed by atoms with Crippen LogP contribution in [0.4, 0.5) is 0 Å². The first kappa shape index (κ1) is 13.9. The Bertz CT molecular complexity index is 778. The molecular formula is C18H15ClO2. The van der Waals surface area contributed by atoms with Crippen molar-refractivity contribution in [3.63, 3.8) is 0 Å². The summed E-state index contributed by atoms with van der Waals surface area (Å²) < 4.78 is 5.22. The number of halogens is 1. The second-order valence-corrected chi connectivity index (χ2v) is 5.27. The molecule has 3 heteroatoms. The Kier molecular flexibility index (Phi) is 3.82. The van der Waals surface area contributed by atoms with Crippen LogP contribution in [0, 0.1) is 0 Å². The summed E-state index contributed by atoms with van der Waals surface area (Å²) in [6.45, 7) is 0. The van der Waals surface area contributed by atoms with Gasteiger partial charge in [-0.3, -0.25) is 0 Å². The van der Waals surface area contributed by atoms with Crippen molar-refractivity contribution in [2.45, 2.75) is 6.10 Å². The number of fused-ring (bicyclic) bond motifs is 1. The van der Waals surface area contributed by atoms with Gasteiger partial charge in [-0.05, 0) is 34.0 Å². The molecule has 0 aliphatic carbocycles. The van der Waals surface area contributed by atoms with Crippen LogP contribution in [0.5, 0.6) is 5.75 Å².